The van der Waals surface area contributed by atoms with Crippen LogP contribution in [0, 0.1) is 0 Å². The van der Waals surface area contributed by atoms with Gasteiger partial charge in [0.05, 0.1) is 6.61 Å². The van der Waals surface area contributed by atoms with Crippen molar-refractivity contribution in [3.63, 3.8) is 0 Å². The second kappa shape index (κ2) is 7.29. The van der Waals surface area contributed by atoms with Crippen LogP contribution in [-0.2, 0) is 9.53 Å². The summed E-state index contributed by atoms with van der Waals surface area (Å²) in [4.78, 5) is 11.5. The molecule has 0 radical (unpaired) electrons. The molecule has 0 heterocycles. The third kappa shape index (κ3) is 3.73. The summed E-state index contributed by atoms with van der Waals surface area (Å²) < 4.78 is 16.8. The number of carbonyl (C=O) groups is 1. The summed E-state index contributed by atoms with van der Waals surface area (Å²) in [6.07, 6.45) is 1.77. The molecule has 1 fully saturated rings. The van der Waals surface area contributed by atoms with E-state index in [4.69, 9.17) is 14.2 Å². The van der Waals surface area contributed by atoms with Gasteiger partial charge in [-0.2, -0.15) is 0 Å². The Balaban J connectivity index is 1.85. The van der Waals surface area contributed by atoms with Crippen molar-refractivity contribution >= 4 is 5.78 Å². The second-order valence-corrected chi connectivity index (χ2v) is 4.94. The number of hydrogen-bond acceptors (Lipinski definition) is 4. The van der Waals surface area contributed by atoms with Gasteiger partial charge in [-0.15, -0.1) is 0 Å². The van der Waals surface area contributed by atoms with Gasteiger partial charge in [-0.1, -0.05) is 13.8 Å². The summed E-state index contributed by atoms with van der Waals surface area (Å²) in [7, 11) is 0. The van der Waals surface area contributed by atoms with Crippen LogP contribution in [0.5, 0.6) is 11.5 Å². The SMILES string of the molecule is CCCOc1ccc(OC2CC(=O)C2OCCC)cc1. The van der Waals surface area contributed by atoms with Crippen molar-refractivity contribution in [3.8, 4) is 11.5 Å². The zero-order valence-electron chi connectivity index (χ0n) is 12.1. The third-order valence-electron chi connectivity index (χ3n) is 3.14. The first-order chi connectivity index (χ1) is 9.74. The molecule has 1 aromatic rings. The average molecular weight is 278 g/mol. The van der Waals surface area contributed by atoms with Gasteiger partial charge in [0.1, 0.15) is 17.6 Å². The molecule has 110 valence electrons. The normalized spacial score (nSPS) is 21.4. The highest BCUT2D eigenvalue weighted by Crippen LogP contribution is 2.27. The van der Waals surface area contributed by atoms with E-state index in [2.05, 4.69) is 6.92 Å². The number of ether oxygens (including phenoxy) is 3. The molecule has 1 aliphatic rings. The average Bonchev–Trinajstić information content (AvgIpc) is 2.46. The number of ketones is 1. The van der Waals surface area contributed by atoms with Crippen LogP contribution in [0.3, 0.4) is 0 Å². The van der Waals surface area contributed by atoms with Gasteiger partial charge in [0.25, 0.3) is 0 Å². The minimum absolute atomic E-state index is 0.131. The van der Waals surface area contributed by atoms with Gasteiger partial charge in [-0.05, 0) is 37.1 Å². The molecule has 2 unspecified atom stereocenters. The summed E-state index contributed by atoms with van der Waals surface area (Å²) in [6.45, 7) is 5.40. The van der Waals surface area contributed by atoms with Crippen LogP contribution >= 0.6 is 0 Å². The topological polar surface area (TPSA) is 44.8 Å². The van der Waals surface area contributed by atoms with Gasteiger partial charge >= 0.3 is 0 Å². The molecule has 4 nitrogen and oxygen atoms in total. The quantitative estimate of drug-likeness (QED) is 0.733. The Hall–Kier alpha value is -1.55. The summed E-state index contributed by atoms with van der Waals surface area (Å²) >= 11 is 0. The largest absolute Gasteiger partial charge is 0.494 e. The van der Waals surface area contributed by atoms with Crippen LogP contribution in [-0.4, -0.2) is 31.2 Å². The first-order valence-corrected chi connectivity index (χ1v) is 7.28. The molecule has 0 saturated heterocycles. The minimum atomic E-state index is -0.397. The summed E-state index contributed by atoms with van der Waals surface area (Å²) in [5, 5.41) is 0. The van der Waals surface area contributed by atoms with Crippen molar-refractivity contribution in [3.05, 3.63) is 24.3 Å². The van der Waals surface area contributed by atoms with Crippen molar-refractivity contribution in [1.29, 1.82) is 0 Å². The molecule has 0 aromatic heterocycles. The lowest BCUT2D eigenvalue weighted by Crippen LogP contribution is -2.52. The van der Waals surface area contributed by atoms with Crippen molar-refractivity contribution in [2.24, 2.45) is 0 Å². The van der Waals surface area contributed by atoms with E-state index in [-0.39, 0.29) is 11.9 Å². The van der Waals surface area contributed by atoms with Gasteiger partial charge in [0, 0.05) is 13.0 Å². The molecule has 0 bridgehead atoms. The third-order valence-corrected chi connectivity index (χ3v) is 3.14. The van der Waals surface area contributed by atoms with E-state index in [1.807, 2.05) is 31.2 Å². The van der Waals surface area contributed by atoms with Gasteiger partial charge in [0.2, 0.25) is 0 Å². The fourth-order valence-electron chi connectivity index (χ4n) is 2.03. The zero-order chi connectivity index (χ0) is 14.4. The van der Waals surface area contributed by atoms with Gasteiger partial charge < -0.3 is 14.2 Å². The van der Waals surface area contributed by atoms with Crippen molar-refractivity contribution in [2.45, 2.75) is 45.3 Å². The maximum atomic E-state index is 11.5. The molecule has 1 saturated carbocycles. The molecular weight excluding hydrogens is 256 g/mol. The maximum absolute atomic E-state index is 11.5. The van der Waals surface area contributed by atoms with Gasteiger partial charge in [0.15, 0.2) is 11.9 Å². The van der Waals surface area contributed by atoms with E-state index >= 15 is 0 Å². The fraction of sp³-hybridized carbons (Fsp3) is 0.562. The van der Waals surface area contributed by atoms with Crippen molar-refractivity contribution in [2.75, 3.05) is 13.2 Å². The van der Waals surface area contributed by atoms with Crippen LogP contribution in [0.2, 0.25) is 0 Å². The Morgan fingerprint density at radius 1 is 1.05 bits per heavy atom. The molecule has 4 heteroatoms. The van der Waals surface area contributed by atoms with E-state index < -0.39 is 6.10 Å². The van der Waals surface area contributed by atoms with Crippen LogP contribution in [0.4, 0.5) is 0 Å². The molecule has 2 rings (SSSR count). The first-order valence-electron chi connectivity index (χ1n) is 7.28. The number of rotatable bonds is 8. The molecular formula is C16H22O4. The van der Waals surface area contributed by atoms with Crippen molar-refractivity contribution < 1.29 is 19.0 Å². The second-order valence-electron chi connectivity index (χ2n) is 4.94. The van der Waals surface area contributed by atoms with Crippen LogP contribution in [0.25, 0.3) is 0 Å². The highest BCUT2D eigenvalue weighted by molar-refractivity contribution is 5.90. The van der Waals surface area contributed by atoms with Crippen LogP contribution in [0.1, 0.15) is 33.1 Å². The molecule has 0 amide bonds. The van der Waals surface area contributed by atoms with E-state index in [1.165, 1.54) is 0 Å². The Kier molecular flexibility index (Phi) is 5.41. The lowest BCUT2D eigenvalue weighted by molar-refractivity contribution is -0.154. The fourth-order valence-corrected chi connectivity index (χ4v) is 2.03. The maximum Gasteiger partial charge on any atom is 0.169 e. The predicted octanol–water partition coefficient (Wildman–Crippen LogP) is 2.99. The van der Waals surface area contributed by atoms with Gasteiger partial charge in [-0.3, -0.25) is 4.79 Å². The summed E-state index contributed by atoms with van der Waals surface area (Å²) in [6, 6.07) is 7.50. The van der Waals surface area contributed by atoms with E-state index in [0.717, 1.165) is 24.3 Å². The molecule has 1 aliphatic carbocycles. The number of carbonyl (C=O) groups excluding carboxylic acids is 1. The van der Waals surface area contributed by atoms with Gasteiger partial charge in [-0.25, -0.2) is 0 Å². The molecule has 1 aromatic carbocycles. The number of hydrogen-bond donors (Lipinski definition) is 0. The summed E-state index contributed by atoms with van der Waals surface area (Å²) in [5.74, 6) is 1.71. The Bertz CT molecular complexity index is 427. The van der Waals surface area contributed by atoms with E-state index in [0.29, 0.717) is 19.6 Å². The highest BCUT2D eigenvalue weighted by Gasteiger charge is 2.42. The highest BCUT2D eigenvalue weighted by atomic mass is 16.5. The van der Waals surface area contributed by atoms with Crippen molar-refractivity contribution in [1.82, 2.24) is 0 Å². The minimum Gasteiger partial charge on any atom is -0.494 e. The Labute approximate surface area is 120 Å². The molecule has 0 N–H and O–H groups in total. The Morgan fingerprint density at radius 3 is 2.30 bits per heavy atom. The molecule has 2 atom stereocenters. The van der Waals surface area contributed by atoms with Crippen LogP contribution in [0.15, 0.2) is 24.3 Å². The van der Waals surface area contributed by atoms with Crippen LogP contribution < -0.4 is 9.47 Å². The van der Waals surface area contributed by atoms with E-state index in [9.17, 15) is 4.79 Å². The summed E-state index contributed by atoms with van der Waals surface area (Å²) in [5.41, 5.74) is 0. The number of benzene rings is 1. The number of Topliss-reactive ketones (excluding diaryl/α,β-unsaturated/α-hetero) is 1. The lowest BCUT2D eigenvalue weighted by atomic mass is 9.90. The Morgan fingerprint density at radius 2 is 1.70 bits per heavy atom. The smallest absolute Gasteiger partial charge is 0.169 e. The standard InChI is InChI=1S/C16H22O4/c1-3-9-18-12-5-7-13(8-6-12)20-15-11-14(17)16(15)19-10-4-2/h5-8,15-16H,3-4,9-11H2,1-2H3. The lowest BCUT2D eigenvalue weighted by Gasteiger charge is -2.34. The zero-order valence-corrected chi connectivity index (χ0v) is 12.1. The van der Waals surface area contributed by atoms with E-state index in [1.54, 1.807) is 0 Å². The molecule has 0 aliphatic heterocycles. The first kappa shape index (κ1) is 14.9. The molecule has 20 heavy (non-hydrogen) atoms. The monoisotopic (exact) mass is 278 g/mol. The molecule has 0 spiro atoms. The predicted molar refractivity (Wildman–Crippen MR) is 76.3 cm³/mol.